The maximum absolute atomic E-state index is 13.3. The molecule has 4 rings (SSSR count). The van der Waals surface area contributed by atoms with Crippen LogP contribution in [0.25, 0.3) is 15.9 Å². The highest BCUT2D eigenvalue weighted by Gasteiger charge is 2.29. The lowest BCUT2D eigenvalue weighted by Crippen LogP contribution is -2.14. The summed E-state index contributed by atoms with van der Waals surface area (Å²) >= 11 is 7.48. The molecule has 0 atom stereocenters. The van der Waals surface area contributed by atoms with Crippen molar-refractivity contribution in [2.45, 2.75) is 24.9 Å². The van der Waals surface area contributed by atoms with Gasteiger partial charge in [0.1, 0.15) is 0 Å². The van der Waals surface area contributed by atoms with Crippen molar-refractivity contribution in [3.63, 3.8) is 0 Å². The second-order valence-electron chi connectivity index (χ2n) is 5.92. The lowest BCUT2D eigenvalue weighted by atomic mass is 10.2. The summed E-state index contributed by atoms with van der Waals surface area (Å²) < 4.78 is 29.4. The Kier molecular flexibility index (Phi) is 3.78. The molecule has 0 aliphatic heterocycles. The van der Waals surface area contributed by atoms with E-state index in [-0.39, 0.29) is 16.2 Å². The zero-order valence-electron chi connectivity index (χ0n) is 13.5. The molecule has 4 aromatic rings. The van der Waals surface area contributed by atoms with E-state index in [0.717, 1.165) is 11.1 Å². The molecule has 0 bridgehead atoms. The van der Waals surface area contributed by atoms with Gasteiger partial charge in [0.2, 0.25) is 5.03 Å². The number of hydrogen-bond acceptors (Lipinski definition) is 5. The van der Waals surface area contributed by atoms with Crippen molar-refractivity contribution in [1.82, 2.24) is 13.4 Å². The molecule has 0 fully saturated rings. The Labute approximate surface area is 153 Å². The van der Waals surface area contributed by atoms with Crippen LogP contribution in [0.4, 0.5) is 5.69 Å². The standard InChI is InChI=1S/C16H15ClN4O2S2/c1-10(2)18-12-9-21(13-6-4-3-5-11(12)13)25(22,23)15-14(17)19-16-20(15)7-8-24-16/h3-10,18H,1-2H3. The third-order valence-corrected chi connectivity index (χ3v) is 6.63. The molecule has 6 nitrogen and oxygen atoms in total. The summed E-state index contributed by atoms with van der Waals surface area (Å²) in [6.45, 7) is 4.01. The molecule has 25 heavy (non-hydrogen) atoms. The van der Waals surface area contributed by atoms with E-state index in [0.29, 0.717) is 10.5 Å². The predicted octanol–water partition coefficient (Wildman–Crippen LogP) is 4.06. The third kappa shape index (κ3) is 2.52. The van der Waals surface area contributed by atoms with Gasteiger partial charge in [0, 0.05) is 29.2 Å². The highest BCUT2D eigenvalue weighted by molar-refractivity contribution is 7.90. The number of rotatable bonds is 4. The van der Waals surface area contributed by atoms with Gasteiger partial charge in [-0.2, -0.15) is 8.42 Å². The maximum Gasteiger partial charge on any atom is 0.287 e. The molecule has 0 aliphatic carbocycles. The molecule has 0 unspecified atom stereocenters. The molecule has 0 amide bonds. The zero-order chi connectivity index (χ0) is 17.8. The van der Waals surface area contributed by atoms with Crippen molar-refractivity contribution in [3.8, 4) is 0 Å². The summed E-state index contributed by atoms with van der Waals surface area (Å²) in [5.74, 6) is 0. The van der Waals surface area contributed by atoms with Crippen LogP contribution in [0.2, 0.25) is 5.15 Å². The van der Waals surface area contributed by atoms with Crippen LogP contribution in [0, 0.1) is 0 Å². The van der Waals surface area contributed by atoms with Crippen molar-refractivity contribution >= 4 is 54.5 Å². The highest BCUT2D eigenvalue weighted by Crippen LogP contribution is 2.33. The molecule has 0 spiro atoms. The van der Waals surface area contributed by atoms with Gasteiger partial charge < -0.3 is 5.32 Å². The van der Waals surface area contributed by atoms with Gasteiger partial charge >= 0.3 is 0 Å². The second-order valence-corrected chi connectivity index (χ2v) is 8.88. The van der Waals surface area contributed by atoms with Gasteiger partial charge in [-0.1, -0.05) is 29.8 Å². The molecule has 0 aliphatic rings. The summed E-state index contributed by atoms with van der Waals surface area (Å²) in [6, 6.07) is 7.53. The molecule has 0 saturated heterocycles. The Balaban J connectivity index is 2.00. The normalized spacial score (nSPS) is 12.5. The van der Waals surface area contributed by atoms with Crippen LogP contribution in [-0.2, 0) is 10.0 Å². The van der Waals surface area contributed by atoms with Crippen molar-refractivity contribution in [3.05, 3.63) is 47.2 Å². The first-order valence-corrected chi connectivity index (χ1v) is 10.3. The van der Waals surface area contributed by atoms with Gasteiger partial charge in [0.05, 0.1) is 11.2 Å². The SMILES string of the molecule is CC(C)Nc1cn(S(=O)(=O)c2c(Cl)nc3sccn23)c2ccccc12. The quantitative estimate of drug-likeness (QED) is 0.566. The minimum atomic E-state index is -3.91. The van der Waals surface area contributed by atoms with Crippen LogP contribution in [0.1, 0.15) is 13.8 Å². The summed E-state index contributed by atoms with van der Waals surface area (Å²) in [4.78, 5) is 4.68. The van der Waals surface area contributed by atoms with Crippen molar-refractivity contribution < 1.29 is 8.42 Å². The largest absolute Gasteiger partial charge is 0.381 e. The highest BCUT2D eigenvalue weighted by atomic mass is 35.5. The first-order chi connectivity index (χ1) is 11.9. The fourth-order valence-corrected chi connectivity index (χ4v) is 5.63. The molecule has 0 saturated carbocycles. The number of aromatic nitrogens is 3. The molecule has 1 N–H and O–H groups in total. The van der Waals surface area contributed by atoms with Gasteiger partial charge in [-0.25, -0.2) is 8.96 Å². The smallest absolute Gasteiger partial charge is 0.287 e. The molecule has 9 heteroatoms. The molecule has 130 valence electrons. The average Bonchev–Trinajstić information content (AvgIpc) is 3.20. The summed E-state index contributed by atoms with van der Waals surface area (Å²) in [7, 11) is -3.91. The molecular formula is C16H15ClN4O2S2. The lowest BCUT2D eigenvalue weighted by molar-refractivity contribution is 0.584. The number of anilines is 1. The fourth-order valence-electron chi connectivity index (χ4n) is 2.84. The minimum absolute atomic E-state index is 0.0250. The van der Waals surface area contributed by atoms with E-state index >= 15 is 0 Å². The Morgan fingerprint density at radius 3 is 2.80 bits per heavy atom. The van der Waals surface area contributed by atoms with Crippen LogP contribution >= 0.6 is 22.9 Å². The number of benzene rings is 1. The van der Waals surface area contributed by atoms with Crippen LogP contribution in [0.5, 0.6) is 0 Å². The van der Waals surface area contributed by atoms with Crippen molar-refractivity contribution in [2.24, 2.45) is 0 Å². The van der Waals surface area contributed by atoms with Gasteiger partial charge in [0.25, 0.3) is 10.0 Å². The molecule has 0 radical (unpaired) electrons. The van der Waals surface area contributed by atoms with E-state index in [4.69, 9.17) is 11.6 Å². The number of nitrogens with zero attached hydrogens (tertiary/aromatic N) is 3. The van der Waals surface area contributed by atoms with E-state index in [1.165, 1.54) is 19.7 Å². The maximum atomic E-state index is 13.3. The van der Waals surface area contributed by atoms with Gasteiger partial charge in [-0.15, -0.1) is 11.3 Å². The number of para-hydroxylation sites is 1. The van der Waals surface area contributed by atoms with Crippen molar-refractivity contribution in [2.75, 3.05) is 5.32 Å². The lowest BCUT2D eigenvalue weighted by Gasteiger charge is -2.08. The van der Waals surface area contributed by atoms with Crippen LogP contribution in [-0.4, -0.2) is 27.8 Å². The van der Waals surface area contributed by atoms with Crippen LogP contribution < -0.4 is 5.32 Å². The van der Waals surface area contributed by atoms with Crippen LogP contribution in [0.3, 0.4) is 0 Å². The Hall–Kier alpha value is -2.03. The van der Waals surface area contributed by atoms with Crippen LogP contribution in [0.15, 0.2) is 47.1 Å². The Morgan fingerprint density at radius 1 is 1.28 bits per heavy atom. The monoisotopic (exact) mass is 394 g/mol. The first-order valence-electron chi connectivity index (χ1n) is 7.63. The molecule has 3 aromatic heterocycles. The number of thiazole rings is 1. The number of hydrogen-bond donors (Lipinski definition) is 1. The van der Waals surface area contributed by atoms with Gasteiger partial charge in [0.15, 0.2) is 10.1 Å². The number of fused-ring (bicyclic) bond motifs is 2. The predicted molar refractivity (Wildman–Crippen MR) is 101 cm³/mol. The Morgan fingerprint density at radius 2 is 2.04 bits per heavy atom. The van der Waals surface area contributed by atoms with Gasteiger partial charge in [-0.3, -0.25) is 4.40 Å². The number of imidazole rings is 1. The second kappa shape index (κ2) is 5.76. The summed E-state index contributed by atoms with van der Waals surface area (Å²) in [5.41, 5.74) is 1.35. The Bertz CT molecular complexity index is 1190. The van der Waals surface area contributed by atoms with E-state index in [2.05, 4.69) is 10.3 Å². The number of nitrogens with one attached hydrogen (secondary N) is 1. The zero-order valence-corrected chi connectivity index (χ0v) is 15.9. The summed E-state index contributed by atoms with van der Waals surface area (Å²) in [5, 5.41) is 5.85. The van der Waals surface area contributed by atoms with Crippen molar-refractivity contribution in [1.29, 1.82) is 0 Å². The van der Waals surface area contributed by atoms with E-state index in [1.54, 1.807) is 23.8 Å². The average molecular weight is 395 g/mol. The van der Waals surface area contributed by atoms with Gasteiger partial charge in [-0.05, 0) is 19.9 Å². The molecule has 3 heterocycles. The topological polar surface area (TPSA) is 68.4 Å². The minimum Gasteiger partial charge on any atom is -0.381 e. The number of halogens is 1. The van der Waals surface area contributed by atoms with E-state index in [9.17, 15) is 8.42 Å². The molecular weight excluding hydrogens is 380 g/mol. The fraction of sp³-hybridized carbons (Fsp3) is 0.188. The first kappa shape index (κ1) is 16.4. The van der Waals surface area contributed by atoms with E-state index in [1.807, 2.05) is 32.0 Å². The third-order valence-electron chi connectivity index (χ3n) is 3.80. The molecule has 1 aromatic carbocycles. The van der Waals surface area contributed by atoms with E-state index < -0.39 is 10.0 Å². The summed E-state index contributed by atoms with van der Waals surface area (Å²) in [6.07, 6.45) is 3.26.